The number of likely N-dealkylation sites (N-methyl/N-ethyl adjacent to an activating group) is 1. The van der Waals surface area contributed by atoms with E-state index < -0.39 is 0 Å². The lowest BCUT2D eigenvalue weighted by Crippen LogP contribution is -2.51. The van der Waals surface area contributed by atoms with Crippen LogP contribution in [0, 0.1) is 34.5 Å². The Morgan fingerprint density at radius 3 is 2.56 bits per heavy atom. The Morgan fingerprint density at radius 2 is 1.86 bits per heavy atom. The van der Waals surface area contributed by atoms with Crippen molar-refractivity contribution in [3.05, 3.63) is 48.7 Å². The highest BCUT2D eigenvalue weighted by molar-refractivity contribution is 5.66. The number of hydrogen-bond acceptors (Lipinski definition) is 5. The van der Waals surface area contributed by atoms with Gasteiger partial charge in [-0.3, -0.25) is 9.59 Å². The van der Waals surface area contributed by atoms with Gasteiger partial charge in [0.15, 0.2) is 0 Å². The first-order valence-corrected chi connectivity index (χ1v) is 13.8. The zero-order chi connectivity index (χ0) is 26.1. The van der Waals surface area contributed by atoms with Gasteiger partial charge in [0.1, 0.15) is 6.10 Å². The molecule has 0 aromatic carbocycles. The molecule has 0 aromatic rings. The fourth-order valence-electron chi connectivity index (χ4n) is 7.93. The maximum Gasteiger partial charge on any atom is 0.302 e. The van der Waals surface area contributed by atoms with Crippen molar-refractivity contribution in [1.29, 1.82) is 0 Å². The van der Waals surface area contributed by atoms with Crippen LogP contribution in [0.4, 0.5) is 0 Å². The maximum absolute atomic E-state index is 11.9. The van der Waals surface area contributed by atoms with Crippen LogP contribution < -0.4 is 0 Å². The van der Waals surface area contributed by atoms with Gasteiger partial charge in [-0.05, 0) is 85.8 Å². The van der Waals surface area contributed by atoms with Crippen molar-refractivity contribution in [2.24, 2.45) is 34.5 Å². The summed E-state index contributed by atoms with van der Waals surface area (Å²) >= 11 is 0. The Morgan fingerprint density at radius 1 is 1.08 bits per heavy atom. The van der Waals surface area contributed by atoms with Gasteiger partial charge in [-0.2, -0.15) is 0 Å². The molecule has 3 unspecified atom stereocenters. The molecule has 1 aliphatic heterocycles. The van der Waals surface area contributed by atoms with Gasteiger partial charge in [-0.15, -0.1) is 0 Å². The molecule has 0 spiro atoms. The highest BCUT2D eigenvalue weighted by Crippen LogP contribution is 2.63. The molecule has 3 saturated carbocycles. The lowest BCUT2D eigenvalue weighted by molar-refractivity contribution is -0.154. The van der Waals surface area contributed by atoms with E-state index in [0.29, 0.717) is 24.4 Å². The molecule has 0 saturated heterocycles. The largest absolute Gasteiger partial charge is 0.466 e. The molecule has 0 aromatic heterocycles. The summed E-state index contributed by atoms with van der Waals surface area (Å²) in [5.74, 6) is 1.14. The summed E-state index contributed by atoms with van der Waals surface area (Å²) < 4.78 is 11.5. The number of carbonyl (C=O) groups excluding carboxylic acids is 2. The van der Waals surface area contributed by atoms with Crippen molar-refractivity contribution >= 4 is 11.9 Å². The van der Waals surface area contributed by atoms with Crippen LogP contribution in [-0.4, -0.2) is 42.6 Å². The second kappa shape index (κ2) is 10.6. The number of rotatable bonds is 6. The third-order valence-electron chi connectivity index (χ3n) is 10.2. The predicted octanol–water partition coefficient (Wildman–Crippen LogP) is 6.23. The van der Waals surface area contributed by atoms with Crippen molar-refractivity contribution in [1.82, 2.24) is 4.90 Å². The molecule has 198 valence electrons. The molecular weight excluding hydrogens is 450 g/mol. The van der Waals surface area contributed by atoms with E-state index in [9.17, 15) is 9.59 Å². The molecule has 0 radical (unpaired) electrons. The number of carbonyl (C=O) groups is 2. The Hall–Kier alpha value is -2.30. The summed E-state index contributed by atoms with van der Waals surface area (Å²) in [6, 6.07) is 0.220. The van der Waals surface area contributed by atoms with Gasteiger partial charge in [-0.25, -0.2) is 0 Å². The molecule has 3 fully saturated rings. The minimum atomic E-state index is -0.197. The Bertz CT molecular complexity index is 950. The van der Waals surface area contributed by atoms with E-state index in [4.69, 9.17) is 9.47 Å². The van der Waals surface area contributed by atoms with Crippen LogP contribution in [0.2, 0.25) is 0 Å². The van der Waals surface area contributed by atoms with E-state index in [1.54, 1.807) is 0 Å². The summed E-state index contributed by atoms with van der Waals surface area (Å²) in [4.78, 5) is 25.9. The first-order chi connectivity index (χ1) is 17.0. The minimum Gasteiger partial charge on any atom is -0.466 e. The molecule has 5 heteroatoms. The monoisotopic (exact) mass is 495 g/mol. The minimum absolute atomic E-state index is 0.0377. The van der Waals surface area contributed by atoms with E-state index in [-0.39, 0.29) is 40.8 Å². The Labute approximate surface area is 217 Å². The molecule has 4 aliphatic rings. The van der Waals surface area contributed by atoms with E-state index in [2.05, 4.69) is 69.0 Å². The molecular formula is C31H45NO4. The normalized spacial score (nSPS) is 40.4. The molecule has 3 aliphatic carbocycles. The van der Waals surface area contributed by atoms with Gasteiger partial charge in [0, 0.05) is 26.8 Å². The van der Waals surface area contributed by atoms with Crippen molar-refractivity contribution in [3.63, 3.8) is 0 Å². The number of nitrogens with zero attached hydrogens (tertiary/aromatic N) is 1. The quantitative estimate of drug-likeness (QED) is 0.323. The SMILES string of the molecule is C=C1CCC2[C@H](COC(C)=O)C([C@@]3(C)CC[C@H](OC(C)=O)C[C@@H]3/C=C/C3C=CC=CN3C)CC[C@]12C. The number of ether oxygens (including phenoxy) is 2. The summed E-state index contributed by atoms with van der Waals surface area (Å²) in [5.41, 5.74) is 1.55. The number of esters is 2. The fraction of sp³-hybridized carbons (Fsp3) is 0.677. The highest BCUT2D eigenvalue weighted by atomic mass is 16.5. The van der Waals surface area contributed by atoms with Crippen LogP contribution in [0.25, 0.3) is 0 Å². The van der Waals surface area contributed by atoms with Crippen molar-refractivity contribution in [2.75, 3.05) is 13.7 Å². The average molecular weight is 496 g/mol. The summed E-state index contributed by atoms with van der Waals surface area (Å²) in [6.45, 7) is 12.8. The van der Waals surface area contributed by atoms with E-state index in [0.717, 1.165) is 44.9 Å². The van der Waals surface area contributed by atoms with E-state index >= 15 is 0 Å². The van der Waals surface area contributed by atoms with Gasteiger partial charge in [0.25, 0.3) is 0 Å². The van der Waals surface area contributed by atoms with Crippen molar-refractivity contribution < 1.29 is 19.1 Å². The van der Waals surface area contributed by atoms with Gasteiger partial charge in [0.05, 0.1) is 12.6 Å². The Kier molecular flexibility index (Phi) is 7.87. The number of allylic oxidation sites excluding steroid dienone is 4. The summed E-state index contributed by atoms with van der Waals surface area (Å²) in [5, 5.41) is 0. The molecule has 0 bridgehead atoms. The fourth-order valence-corrected chi connectivity index (χ4v) is 7.93. The average Bonchev–Trinajstić information content (AvgIpc) is 3.12. The molecule has 1 heterocycles. The van der Waals surface area contributed by atoms with Gasteiger partial charge in [-0.1, -0.05) is 50.3 Å². The van der Waals surface area contributed by atoms with Crippen LogP contribution in [0.5, 0.6) is 0 Å². The molecule has 5 nitrogen and oxygen atoms in total. The Balaban J connectivity index is 1.65. The standard InChI is InChI=1S/C31H45NO4/c1-21-10-13-28-27(20-35-22(2)33)29(15-17-30(21,28)4)31(5)16-14-26(36-23(3)34)19-24(31)11-12-25-9-7-8-18-32(25)6/h7-9,11-12,18,24-29H,1,10,13-17,19-20H2,2-6H3/b12-11+/t24-,25?,26-,27-,28?,29?,30+,31-/m0/s1. The molecule has 0 N–H and O–H groups in total. The number of fused-ring (bicyclic) bond motifs is 1. The van der Waals surface area contributed by atoms with Crippen LogP contribution in [0.1, 0.15) is 72.6 Å². The highest BCUT2D eigenvalue weighted by Gasteiger charge is 2.57. The molecule has 36 heavy (non-hydrogen) atoms. The maximum atomic E-state index is 11.9. The smallest absolute Gasteiger partial charge is 0.302 e. The van der Waals surface area contributed by atoms with E-state index in [1.165, 1.54) is 19.4 Å². The van der Waals surface area contributed by atoms with Gasteiger partial charge in [0.2, 0.25) is 0 Å². The first-order valence-electron chi connectivity index (χ1n) is 13.8. The van der Waals surface area contributed by atoms with E-state index in [1.807, 2.05) is 0 Å². The van der Waals surface area contributed by atoms with Crippen LogP contribution in [0.15, 0.2) is 48.7 Å². The zero-order valence-corrected chi connectivity index (χ0v) is 22.9. The third-order valence-corrected chi connectivity index (χ3v) is 10.2. The van der Waals surface area contributed by atoms with Gasteiger partial charge < -0.3 is 14.4 Å². The first kappa shape index (κ1) is 26.8. The third kappa shape index (κ3) is 5.21. The lowest BCUT2D eigenvalue weighted by Gasteiger charge is -2.56. The number of hydrogen-bond donors (Lipinski definition) is 0. The lowest BCUT2D eigenvalue weighted by atomic mass is 9.49. The topological polar surface area (TPSA) is 55.8 Å². The zero-order valence-electron chi connectivity index (χ0n) is 22.9. The van der Waals surface area contributed by atoms with Crippen LogP contribution in [-0.2, 0) is 19.1 Å². The van der Waals surface area contributed by atoms with Crippen molar-refractivity contribution in [2.45, 2.75) is 84.8 Å². The molecule has 4 rings (SSSR count). The second-order valence-corrected chi connectivity index (χ2v) is 12.2. The molecule has 8 atom stereocenters. The van der Waals surface area contributed by atoms with Crippen LogP contribution >= 0.6 is 0 Å². The summed E-state index contributed by atoms with van der Waals surface area (Å²) in [7, 11) is 2.10. The molecule has 0 amide bonds. The summed E-state index contributed by atoms with van der Waals surface area (Å²) in [6.07, 6.45) is 20.3. The van der Waals surface area contributed by atoms with Crippen LogP contribution in [0.3, 0.4) is 0 Å². The predicted molar refractivity (Wildman–Crippen MR) is 143 cm³/mol. The van der Waals surface area contributed by atoms with Gasteiger partial charge >= 0.3 is 11.9 Å². The van der Waals surface area contributed by atoms with Crippen molar-refractivity contribution in [3.8, 4) is 0 Å². The second-order valence-electron chi connectivity index (χ2n) is 12.2.